The molecule has 4 rings (SSSR count). The van der Waals surface area contributed by atoms with E-state index >= 15 is 0 Å². The molecule has 0 aliphatic carbocycles. The zero-order chi connectivity index (χ0) is 21.3. The summed E-state index contributed by atoms with van der Waals surface area (Å²) < 4.78 is 28.2. The van der Waals surface area contributed by atoms with Crippen LogP contribution in [-0.4, -0.2) is 48.9 Å². The number of hydrogen-bond acceptors (Lipinski definition) is 5. The first kappa shape index (κ1) is 20.5. The second-order valence-electron chi connectivity index (χ2n) is 7.75. The van der Waals surface area contributed by atoms with Crippen molar-refractivity contribution >= 4 is 15.8 Å². The molecule has 1 saturated heterocycles. The Hall–Kier alpha value is -2.77. The van der Waals surface area contributed by atoms with E-state index in [-0.39, 0.29) is 0 Å². The van der Waals surface area contributed by atoms with Gasteiger partial charge in [0.05, 0.1) is 10.6 Å². The monoisotopic (exact) mass is 422 g/mol. The Morgan fingerprint density at radius 1 is 0.833 bits per heavy atom. The van der Waals surface area contributed by atoms with Gasteiger partial charge in [-0.1, -0.05) is 48.0 Å². The van der Waals surface area contributed by atoms with Gasteiger partial charge in [0, 0.05) is 37.8 Å². The van der Waals surface area contributed by atoms with Crippen LogP contribution in [0.3, 0.4) is 0 Å². The standard InChI is InChI=1S/C23H26N4O2S/c1-17-13-18(2)23(19(3)14-17)30(28,29)27-11-9-26(10-12-27)22-15-21(24-16-25-22)20-7-5-4-6-8-20/h4-8,13-16H,9-12H2,1-3H3. The summed E-state index contributed by atoms with van der Waals surface area (Å²) in [5.74, 6) is 0.823. The van der Waals surface area contributed by atoms with Crippen molar-refractivity contribution in [2.24, 2.45) is 0 Å². The summed E-state index contributed by atoms with van der Waals surface area (Å²) in [5, 5.41) is 0. The minimum atomic E-state index is -3.52. The van der Waals surface area contributed by atoms with Crippen molar-refractivity contribution in [2.45, 2.75) is 25.7 Å². The molecule has 1 aliphatic heterocycles. The molecule has 7 heteroatoms. The smallest absolute Gasteiger partial charge is 0.243 e. The lowest BCUT2D eigenvalue weighted by atomic mass is 10.1. The molecule has 6 nitrogen and oxygen atoms in total. The van der Waals surface area contributed by atoms with Crippen LogP contribution < -0.4 is 4.90 Å². The van der Waals surface area contributed by atoms with Crippen LogP contribution in [0.15, 0.2) is 59.8 Å². The van der Waals surface area contributed by atoms with E-state index in [9.17, 15) is 8.42 Å². The zero-order valence-corrected chi connectivity index (χ0v) is 18.4. The number of aromatic nitrogens is 2. The second kappa shape index (κ2) is 8.16. The third-order valence-corrected chi connectivity index (χ3v) is 7.69. The molecule has 2 heterocycles. The number of piperazine rings is 1. The lowest BCUT2D eigenvalue weighted by Crippen LogP contribution is -2.49. The van der Waals surface area contributed by atoms with Crippen LogP contribution in [0.5, 0.6) is 0 Å². The van der Waals surface area contributed by atoms with Crippen molar-refractivity contribution in [3.05, 3.63) is 71.5 Å². The van der Waals surface area contributed by atoms with Crippen LogP contribution in [0.25, 0.3) is 11.3 Å². The Labute approximate surface area is 178 Å². The summed E-state index contributed by atoms with van der Waals surface area (Å²) >= 11 is 0. The molecule has 1 fully saturated rings. The van der Waals surface area contributed by atoms with Crippen molar-refractivity contribution in [3.63, 3.8) is 0 Å². The van der Waals surface area contributed by atoms with Crippen molar-refractivity contribution < 1.29 is 8.42 Å². The van der Waals surface area contributed by atoms with E-state index in [1.807, 2.05) is 69.3 Å². The number of rotatable bonds is 4. The maximum Gasteiger partial charge on any atom is 0.243 e. The van der Waals surface area contributed by atoms with Gasteiger partial charge < -0.3 is 4.90 Å². The molecule has 0 unspecified atom stereocenters. The molecule has 0 bridgehead atoms. The normalized spacial score (nSPS) is 15.4. The Balaban J connectivity index is 1.52. The molecule has 0 atom stereocenters. The predicted octanol–water partition coefficient (Wildman–Crippen LogP) is 3.58. The van der Waals surface area contributed by atoms with Gasteiger partial charge >= 0.3 is 0 Å². The molecule has 2 aromatic carbocycles. The average molecular weight is 423 g/mol. The minimum absolute atomic E-state index is 0.430. The van der Waals surface area contributed by atoms with Crippen LogP contribution in [0.4, 0.5) is 5.82 Å². The van der Waals surface area contributed by atoms with E-state index in [1.165, 1.54) is 0 Å². The highest BCUT2D eigenvalue weighted by Crippen LogP contribution is 2.27. The summed E-state index contributed by atoms with van der Waals surface area (Å²) in [7, 11) is -3.52. The van der Waals surface area contributed by atoms with E-state index in [4.69, 9.17) is 0 Å². The first-order valence-electron chi connectivity index (χ1n) is 10.1. The van der Waals surface area contributed by atoms with Crippen molar-refractivity contribution in [2.75, 3.05) is 31.1 Å². The van der Waals surface area contributed by atoms with E-state index in [0.717, 1.165) is 33.8 Å². The van der Waals surface area contributed by atoms with Crippen molar-refractivity contribution in [1.29, 1.82) is 0 Å². The summed E-state index contributed by atoms with van der Waals surface area (Å²) in [6.07, 6.45) is 1.57. The first-order chi connectivity index (χ1) is 14.4. The van der Waals surface area contributed by atoms with Gasteiger partial charge in [0.1, 0.15) is 12.1 Å². The lowest BCUT2D eigenvalue weighted by molar-refractivity contribution is 0.383. The first-order valence-corrected chi connectivity index (χ1v) is 11.5. The fraction of sp³-hybridized carbons (Fsp3) is 0.304. The highest BCUT2D eigenvalue weighted by Gasteiger charge is 2.31. The summed E-state index contributed by atoms with van der Waals surface area (Å²) in [6, 6.07) is 15.8. The topological polar surface area (TPSA) is 66.4 Å². The fourth-order valence-electron chi connectivity index (χ4n) is 4.15. The highest BCUT2D eigenvalue weighted by atomic mass is 32.2. The van der Waals surface area contributed by atoms with E-state index in [0.29, 0.717) is 31.1 Å². The molecule has 156 valence electrons. The zero-order valence-electron chi connectivity index (χ0n) is 17.5. The summed E-state index contributed by atoms with van der Waals surface area (Å²) in [6.45, 7) is 7.77. The van der Waals surface area contributed by atoms with Gasteiger partial charge in [-0.3, -0.25) is 0 Å². The maximum atomic E-state index is 13.3. The van der Waals surface area contributed by atoms with Crippen LogP contribution in [0.1, 0.15) is 16.7 Å². The number of benzene rings is 2. The second-order valence-corrected chi connectivity index (χ2v) is 9.62. The van der Waals surface area contributed by atoms with Crippen LogP contribution in [0, 0.1) is 20.8 Å². The Kier molecular flexibility index (Phi) is 5.58. The van der Waals surface area contributed by atoms with Crippen LogP contribution >= 0.6 is 0 Å². The van der Waals surface area contributed by atoms with E-state index in [2.05, 4.69) is 14.9 Å². The fourth-order valence-corrected chi connectivity index (χ4v) is 5.98. The van der Waals surface area contributed by atoms with Gasteiger partial charge in [-0.2, -0.15) is 4.31 Å². The molecule has 0 amide bonds. The average Bonchev–Trinajstić information content (AvgIpc) is 2.74. The van der Waals surface area contributed by atoms with Gasteiger partial charge in [-0.25, -0.2) is 18.4 Å². The largest absolute Gasteiger partial charge is 0.354 e. The summed E-state index contributed by atoms with van der Waals surface area (Å²) in [4.78, 5) is 11.4. The number of anilines is 1. The number of aryl methyl sites for hydroxylation is 3. The predicted molar refractivity (Wildman–Crippen MR) is 119 cm³/mol. The molecule has 3 aromatic rings. The number of hydrogen-bond donors (Lipinski definition) is 0. The molecular weight excluding hydrogens is 396 g/mol. The highest BCUT2D eigenvalue weighted by molar-refractivity contribution is 7.89. The van der Waals surface area contributed by atoms with E-state index < -0.39 is 10.0 Å². The Bertz CT molecular complexity index is 1130. The third-order valence-electron chi connectivity index (χ3n) is 5.49. The molecule has 1 aromatic heterocycles. The van der Waals surface area contributed by atoms with Gasteiger partial charge in [0.25, 0.3) is 0 Å². The van der Waals surface area contributed by atoms with Crippen LogP contribution in [0.2, 0.25) is 0 Å². The molecule has 0 N–H and O–H groups in total. The molecule has 0 radical (unpaired) electrons. The van der Waals surface area contributed by atoms with Gasteiger partial charge in [0.15, 0.2) is 0 Å². The van der Waals surface area contributed by atoms with Crippen molar-refractivity contribution in [1.82, 2.24) is 14.3 Å². The van der Waals surface area contributed by atoms with Crippen molar-refractivity contribution in [3.8, 4) is 11.3 Å². The molecular formula is C23H26N4O2S. The van der Waals surface area contributed by atoms with Crippen LogP contribution in [-0.2, 0) is 10.0 Å². The SMILES string of the molecule is Cc1cc(C)c(S(=O)(=O)N2CCN(c3cc(-c4ccccc4)ncn3)CC2)c(C)c1. The summed E-state index contributed by atoms with van der Waals surface area (Å²) in [5.41, 5.74) is 4.58. The quantitative estimate of drug-likeness (QED) is 0.643. The lowest BCUT2D eigenvalue weighted by Gasteiger charge is -2.35. The molecule has 0 spiro atoms. The molecule has 0 saturated carbocycles. The molecule has 1 aliphatic rings. The van der Waals surface area contributed by atoms with E-state index in [1.54, 1.807) is 10.6 Å². The van der Waals surface area contributed by atoms with Gasteiger partial charge in [-0.15, -0.1) is 0 Å². The Morgan fingerprint density at radius 2 is 1.47 bits per heavy atom. The number of sulfonamides is 1. The third kappa shape index (κ3) is 3.95. The van der Waals surface area contributed by atoms with Gasteiger partial charge in [0.2, 0.25) is 10.0 Å². The molecule has 30 heavy (non-hydrogen) atoms. The Morgan fingerprint density at radius 3 is 2.10 bits per heavy atom. The minimum Gasteiger partial charge on any atom is -0.354 e. The number of nitrogens with zero attached hydrogens (tertiary/aromatic N) is 4. The maximum absolute atomic E-state index is 13.3. The van der Waals surface area contributed by atoms with Gasteiger partial charge in [-0.05, 0) is 31.9 Å².